The van der Waals surface area contributed by atoms with Crippen LogP contribution < -0.4 is 0 Å². The van der Waals surface area contributed by atoms with E-state index in [-0.39, 0.29) is 40.5 Å². The van der Waals surface area contributed by atoms with E-state index in [0.717, 1.165) is 6.07 Å². The monoisotopic (exact) mass is 443 g/mol. The molecule has 4 heterocycles. The molecule has 0 saturated carbocycles. The topological polar surface area (TPSA) is 94.1 Å². The first kappa shape index (κ1) is 20.8. The number of piperidine rings is 1. The molecule has 1 atom stereocenters. The molecule has 1 aliphatic rings. The summed E-state index contributed by atoms with van der Waals surface area (Å²) >= 11 is 0. The summed E-state index contributed by atoms with van der Waals surface area (Å²) in [6, 6.07) is 0.958. The Bertz CT molecular complexity index is 1220. The Hall–Kier alpha value is -2.47. The zero-order chi connectivity index (χ0) is 21.8. The van der Waals surface area contributed by atoms with E-state index < -0.39 is 27.7 Å². The number of fused-ring (bicyclic) bond motifs is 1. The summed E-state index contributed by atoms with van der Waals surface area (Å²) in [5.74, 6) is -0.544. The molecule has 0 amide bonds. The van der Waals surface area contributed by atoms with Crippen molar-refractivity contribution >= 4 is 21.1 Å². The van der Waals surface area contributed by atoms with Crippen LogP contribution in [0.1, 0.15) is 41.4 Å². The van der Waals surface area contributed by atoms with Crippen LogP contribution >= 0.6 is 0 Å². The first-order chi connectivity index (χ1) is 14.0. The van der Waals surface area contributed by atoms with Gasteiger partial charge in [-0.05, 0) is 32.8 Å². The van der Waals surface area contributed by atoms with E-state index in [9.17, 15) is 21.6 Å². The van der Waals surface area contributed by atoms with Gasteiger partial charge >= 0.3 is 6.18 Å². The van der Waals surface area contributed by atoms with Gasteiger partial charge in [-0.3, -0.25) is 4.68 Å². The maximum absolute atomic E-state index is 13.6. The highest BCUT2D eigenvalue weighted by molar-refractivity contribution is 7.89. The summed E-state index contributed by atoms with van der Waals surface area (Å²) in [7, 11) is -2.20. The van der Waals surface area contributed by atoms with Crippen LogP contribution in [0.5, 0.6) is 0 Å². The van der Waals surface area contributed by atoms with Gasteiger partial charge in [0.15, 0.2) is 0 Å². The Morgan fingerprint density at radius 1 is 1.27 bits per heavy atom. The van der Waals surface area contributed by atoms with E-state index in [0.29, 0.717) is 18.5 Å². The van der Waals surface area contributed by atoms with Gasteiger partial charge in [-0.25, -0.2) is 13.4 Å². The largest absolute Gasteiger partial charge is 0.417 e. The van der Waals surface area contributed by atoms with Crippen molar-refractivity contribution in [1.29, 1.82) is 0 Å². The normalized spacial score (nSPS) is 18.9. The minimum absolute atomic E-state index is 0.00345. The van der Waals surface area contributed by atoms with Crippen molar-refractivity contribution < 1.29 is 26.1 Å². The van der Waals surface area contributed by atoms with Gasteiger partial charge in [0.1, 0.15) is 4.90 Å². The van der Waals surface area contributed by atoms with Gasteiger partial charge in [0, 0.05) is 31.7 Å². The molecule has 0 spiro atoms. The number of nitrogens with zero attached hydrogens (tertiary/aromatic N) is 5. The molecule has 12 heteroatoms. The fourth-order valence-corrected chi connectivity index (χ4v) is 5.56. The zero-order valence-electron chi connectivity index (χ0n) is 16.6. The maximum Gasteiger partial charge on any atom is 0.417 e. The molecule has 0 bridgehead atoms. The predicted octanol–water partition coefficient (Wildman–Crippen LogP) is 3.16. The number of halogens is 3. The quantitative estimate of drug-likeness (QED) is 0.617. The van der Waals surface area contributed by atoms with Crippen molar-refractivity contribution in [3.63, 3.8) is 0 Å². The Balaban J connectivity index is 1.74. The van der Waals surface area contributed by atoms with Gasteiger partial charge in [0.25, 0.3) is 5.71 Å². The number of hydrogen-bond acceptors (Lipinski definition) is 6. The molecule has 30 heavy (non-hydrogen) atoms. The highest BCUT2D eigenvalue weighted by atomic mass is 32.2. The average Bonchev–Trinajstić information content (AvgIpc) is 3.24. The highest BCUT2D eigenvalue weighted by Crippen LogP contribution is 2.40. The van der Waals surface area contributed by atoms with Crippen molar-refractivity contribution in [3.05, 3.63) is 34.9 Å². The van der Waals surface area contributed by atoms with Crippen LogP contribution in [-0.4, -0.2) is 45.7 Å². The molecule has 162 valence electrons. The Labute approximate surface area is 170 Å². The molecule has 0 unspecified atom stereocenters. The molecule has 0 radical (unpaired) electrons. The van der Waals surface area contributed by atoms with E-state index >= 15 is 0 Å². The molecule has 0 aromatic carbocycles. The SMILES string of the molecule is Cc1cc(C(F)(F)F)c2c([C@H]3CCCN(S(=O)(=O)c4cnn(C)c4C)C3)noc2n1. The molecule has 8 nitrogen and oxygen atoms in total. The van der Waals surface area contributed by atoms with E-state index in [1.807, 2.05) is 0 Å². The van der Waals surface area contributed by atoms with Gasteiger partial charge in [-0.1, -0.05) is 5.16 Å². The third-order valence-electron chi connectivity index (χ3n) is 5.49. The number of rotatable bonds is 3. The van der Waals surface area contributed by atoms with Crippen LogP contribution in [-0.2, 0) is 23.2 Å². The van der Waals surface area contributed by atoms with Crippen LogP contribution in [0.3, 0.4) is 0 Å². The summed E-state index contributed by atoms with van der Waals surface area (Å²) < 4.78 is 75.0. The third kappa shape index (κ3) is 3.37. The number of aromatic nitrogens is 4. The number of pyridine rings is 1. The molecule has 1 saturated heterocycles. The number of aryl methyl sites for hydroxylation is 2. The Morgan fingerprint density at radius 3 is 2.63 bits per heavy atom. The van der Waals surface area contributed by atoms with Gasteiger partial charge in [-0.2, -0.15) is 22.6 Å². The molecule has 0 aliphatic carbocycles. The zero-order valence-corrected chi connectivity index (χ0v) is 17.4. The molecule has 4 rings (SSSR count). The molecular weight excluding hydrogens is 423 g/mol. The van der Waals surface area contributed by atoms with E-state index in [1.54, 1.807) is 14.0 Å². The predicted molar refractivity (Wildman–Crippen MR) is 100 cm³/mol. The van der Waals surface area contributed by atoms with Crippen LogP contribution in [0.25, 0.3) is 11.1 Å². The molecule has 3 aromatic heterocycles. The van der Waals surface area contributed by atoms with Gasteiger partial charge in [0.05, 0.1) is 28.5 Å². The van der Waals surface area contributed by atoms with E-state index in [4.69, 9.17) is 4.52 Å². The van der Waals surface area contributed by atoms with Crippen molar-refractivity contribution in [2.45, 2.75) is 43.7 Å². The summed E-state index contributed by atoms with van der Waals surface area (Å²) in [5.41, 5.74) is -0.321. The summed E-state index contributed by atoms with van der Waals surface area (Å²) in [6.45, 7) is 3.37. The third-order valence-corrected chi connectivity index (χ3v) is 7.45. The fourth-order valence-electron chi connectivity index (χ4n) is 3.85. The van der Waals surface area contributed by atoms with Crippen molar-refractivity contribution in [2.75, 3.05) is 13.1 Å². The standard InChI is InChI=1S/C18H20F3N5O3S/c1-10-7-13(18(19,20)21)15-16(24-29-17(15)23-10)12-5-4-6-26(9-12)30(27,28)14-8-22-25(3)11(14)2/h7-8,12H,4-6,9H2,1-3H3/t12-/m0/s1. The smallest absolute Gasteiger partial charge is 0.336 e. The molecule has 3 aromatic rings. The average molecular weight is 443 g/mol. The second-order valence-corrected chi connectivity index (χ2v) is 9.38. The van der Waals surface area contributed by atoms with Gasteiger partial charge < -0.3 is 4.52 Å². The summed E-state index contributed by atoms with van der Waals surface area (Å²) in [6.07, 6.45) is -2.35. The lowest BCUT2D eigenvalue weighted by Crippen LogP contribution is -2.39. The molecular formula is C18H20F3N5O3S. The number of hydrogen-bond donors (Lipinski definition) is 0. The lowest BCUT2D eigenvalue weighted by Gasteiger charge is -2.31. The van der Waals surface area contributed by atoms with Crippen LogP contribution in [0.15, 0.2) is 21.7 Å². The summed E-state index contributed by atoms with van der Waals surface area (Å²) in [5, 5.41) is 7.65. The lowest BCUT2D eigenvalue weighted by atomic mass is 9.93. The Kier molecular flexibility index (Phi) is 4.88. The highest BCUT2D eigenvalue weighted by Gasteiger charge is 2.39. The maximum atomic E-state index is 13.6. The van der Waals surface area contributed by atoms with Crippen molar-refractivity contribution in [1.82, 2.24) is 24.2 Å². The summed E-state index contributed by atoms with van der Waals surface area (Å²) in [4.78, 5) is 4.11. The van der Waals surface area contributed by atoms with Crippen LogP contribution in [0, 0.1) is 13.8 Å². The molecule has 1 aliphatic heterocycles. The minimum atomic E-state index is -4.61. The van der Waals surface area contributed by atoms with Gasteiger partial charge in [-0.15, -0.1) is 0 Å². The minimum Gasteiger partial charge on any atom is -0.336 e. The van der Waals surface area contributed by atoms with Crippen LogP contribution in [0.2, 0.25) is 0 Å². The van der Waals surface area contributed by atoms with E-state index in [2.05, 4.69) is 15.2 Å². The van der Waals surface area contributed by atoms with Crippen molar-refractivity contribution in [2.24, 2.45) is 7.05 Å². The lowest BCUT2D eigenvalue weighted by molar-refractivity contribution is -0.136. The first-order valence-electron chi connectivity index (χ1n) is 9.33. The van der Waals surface area contributed by atoms with Crippen LogP contribution in [0.4, 0.5) is 13.2 Å². The fraction of sp³-hybridized carbons (Fsp3) is 0.500. The second-order valence-electron chi connectivity index (χ2n) is 7.48. The molecule has 0 N–H and O–H groups in total. The second kappa shape index (κ2) is 7.05. The number of alkyl halides is 3. The molecule has 1 fully saturated rings. The number of sulfonamides is 1. The first-order valence-corrected chi connectivity index (χ1v) is 10.8. The van der Waals surface area contributed by atoms with Gasteiger partial charge in [0.2, 0.25) is 10.0 Å². The van der Waals surface area contributed by atoms with E-state index in [1.165, 1.54) is 22.1 Å². The Morgan fingerprint density at radius 2 is 2.00 bits per heavy atom. The van der Waals surface area contributed by atoms with Crippen molar-refractivity contribution in [3.8, 4) is 0 Å².